The van der Waals surface area contributed by atoms with Crippen molar-refractivity contribution in [2.45, 2.75) is 38.5 Å². The number of carbonyl (C=O) groups excluding carboxylic acids is 1. The number of nitrogens with zero attached hydrogens (tertiary/aromatic N) is 1. The number of hydrogen-bond acceptors (Lipinski definition) is 6. The van der Waals surface area contributed by atoms with Crippen molar-refractivity contribution < 1.29 is 13.9 Å². The van der Waals surface area contributed by atoms with E-state index in [1.807, 2.05) is 19.1 Å². The van der Waals surface area contributed by atoms with Gasteiger partial charge in [0.05, 0.1) is 24.1 Å². The molecule has 122 valence electrons. The third kappa shape index (κ3) is 3.69. The first-order valence-electron chi connectivity index (χ1n) is 7.91. The number of ether oxygens (including phenoxy) is 1. The van der Waals surface area contributed by atoms with Crippen molar-refractivity contribution in [2.24, 2.45) is 5.92 Å². The zero-order valence-electron chi connectivity index (χ0n) is 13.0. The molecule has 1 aliphatic carbocycles. The summed E-state index contributed by atoms with van der Waals surface area (Å²) in [5, 5.41) is 0. The first kappa shape index (κ1) is 15.9. The van der Waals surface area contributed by atoms with Crippen molar-refractivity contribution in [1.82, 2.24) is 4.37 Å². The molecule has 1 heterocycles. The molecule has 0 spiro atoms. The second kappa shape index (κ2) is 7.08. The topological polar surface area (TPSA) is 69.4 Å². The zero-order valence-corrected chi connectivity index (χ0v) is 13.8. The lowest BCUT2D eigenvalue weighted by atomic mass is 9.78. The molecule has 0 radical (unpaired) electrons. The highest BCUT2D eigenvalue weighted by Crippen LogP contribution is 2.36. The summed E-state index contributed by atoms with van der Waals surface area (Å²) in [5.74, 6) is 0.837. The lowest BCUT2D eigenvalue weighted by Gasteiger charge is -2.27. The van der Waals surface area contributed by atoms with Gasteiger partial charge >= 0.3 is 10.9 Å². The van der Waals surface area contributed by atoms with Gasteiger partial charge in [-0.05, 0) is 56.2 Å². The summed E-state index contributed by atoms with van der Waals surface area (Å²) in [6.07, 6.45) is 3.75. The van der Waals surface area contributed by atoms with E-state index < -0.39 is 0 Å². The Morgan fingerprint density at radius 2 is 1.96 bits per heavy atom. The molecule has 1 fully saturated rings. The van der Waals surface area contributed by atoms with Crippen LogP contribution in [-0.4, -0.2) is 16.9 Å². The van der Waals surface area contributed by atoms with E-state index in [0.29, 0.717) is 18.4 Å². The summed E-state index contributed by atoms with van der Waals surface area (Å²) in [7, 11) is 0. The van der Waals surface area contributed by atoms with E-state index >= 15 is 0 Å². The zero-order chi connectivity index (χ0) is 16.2. The van der Waals surface area contributed by atoms with Crippen LogP contribution < -0.4 is 4.94 Å². The first-order chi connectivity index (χ1) is 11.2. The Hall–Kier alpha value is -1.95. The maximum atomic E-state index is 11.8. The molecule has 1 aromatic carbocycles. The Morgan fingerprint density at radius 3 is 2.52 bits per heavy atom. The maximum absolute atomic E-state index is 11.8. The van der Waals surface area contributed by atoms with E-state index in [0.717, 1.165) is 42.8 Å². The van der Waals surface area contributed by atoms with Crippen molar-refractivity contribution >= 4 is 17.5 Å². The summed E-state index contributed by atoms with van der Waals surface area (Å²) in [5.41, 5.74) is 2.07. The largest absolute Gasteiger partial charge is 0.466 e. The van der Waals surface area contributed by atoms with Crippen LogP contribution in [0.2, 0.25) is 0 Å². The minimum absolute atomic E-state index is 0.0507. The second-order valence-corrected chi connectivity index (χ2v) is 6.46. The highest BCUT2D eigenvalue weighted by Gasteiger charge is 2.27. The van der Waals surface area contributed by atoms with Crippen molar-refractivity contribution in [3.8, 4) is 11.5 Å². The lowest BCUT2D eigenvalue weighted by Crippen LogP contribution is -2.23. The van der Waals surface area contributed by atoms with Crippen molar-refractivity contribution in [3.05, 3.63) is 39.6 Å². The molecule has 0 saturated heterocycles. The van der Waals surface area contributed by atoms with E-state index in [-0.39, 0.29) is 16.8 Å². The minimum Gasteiger partial charge on any atom is -0.466 e. The SMILES string of the molecule is CCOC(=O)C1CCC(c2ccc(-c3nsc(=O)o3)cc2)CC1. The van der Waals surface area contributed by atoms with Crippen LogP contribution in [0, 0.1) is 5.92 Å². The van der Waals surface area contributed by atoms with E-state index in [1.54, 1.807) is 0 Å². The van der Waals surface area contributed by atoms with Gasteiger partial charge in [0.25, 0.3) is 0 Å². The maximum Gasteiger partial charge on any atom is 0.414 e. The molecule has 2 aromatic rings. The molecule has 1 aliphatic rings. The Labute approximate surface area is 138 Å². The second-order valence-electron chi connectivity index (χ2n) is 5.76. The van der Waals surface area contributed by atoms with E-state index in [2.05, 4.69) is 16.5 Å². The number of benzene rings is 1. The number of carbonyl (C=O) groups is 1. The predicted molar refractivity (Wildman–Crippen MR) is 87.4 cm³/mol. The molecular formula is C17H19NO4S. The smallest absolute Gasteiger partial charge is 0.414 e. The van der Waals surface area contributed by atoms with Gasteiger partial charge in [-0.3, -0.25) is 4.79 Å². The Bertz CT molecular complexity index is 711. The molecule has 0 unspecified atom stereocenters. The number of aromatic nitrogens is 1. The van der Waals surface area contributed by atoms with E-state index in [1.165, 1.54) is 5.56 Å². The van der Waals surface area contributed by atoms with Gasteiger partial charge in [-0.25, -0.2) is 4.79 Å². The Morgan fingerprint density at radius 1 is 1.26 bits per heavy atom. The average Bonchev–Trinajstić information content (AvgIpc) is 3.02. The normalized spacial score (nSPS) is 21.1. The first-order valence-corrected chi connectivity index (χ1v) is 8.68. The Kier molecular flexibility index (Phi) is 4.91. The fourth-order valence-electron chi connectivity index (χ4n) is 3.13. The summed E-state index contributed by atoms with van der Waals surface area (Å²) >= 11 is 0.822. The van der Waals surface area contributed by atoms with E-state index in [9.17, 15) is 9.59 Å². The van der Waals surface area contributed by atoms with Crippen molar-refractivity contribution in [2.75, 3.05) is 6.61 Å². The van der Waals surface area contributed by atoms with Gasteiger partial charge in [0.1, 0.15) is 0 Å². The van der Waals surface area contributed by atoms with Gasteiger partial charge in [-0.2, -0.15) is 0 Å². The monoisotopic (exact) mass is 333 g/mol. The number of hydrogen-bond donors (Lipinski definition) is 0. The van der Waals surface area contributed by atoms with Gasteiger partial charge in [0, 0.05) is 5.56 Å². The van der Waals surface area contributed by atoms with Gasteiger partial charge in [-0.1, -0.05) is 12.1 Å². The summed E-state index contributed by atoms with van der Waals surface area (Å²) in [6.45, 7) is 2.29. The number of esters is 1. The van der Waals surface area contributed by atoms with Crippen LogP contribution in [0.5, 0.6) is 0 Å². The third-order valence-electron chi connectivity index (χ3n) is 4.36. The van der Waals surface area contributed by atoms with Crippen LogP contribution in [0.1, 0.15) is 44.1 Å². The van der Waals surface area contributed by atoms with Crippen LogP contribution in [-0.2, 0) is 9.53 Å². The molecule has 1 aromatic heterocycles. The van der Waals surface area contributed by atoms with Crippen molar-refractivity contribution in [1.29, 1.82) is 0 Å². The van der Waals surface area contributed by atoms with Crippen LogP contribution >= 0.6 is 11.5 Å². The molecule has 1 saturated carbocycles. The third-order valence-corrected chi connectivity index (χ3v) is 4.85. The molecule has 0 amide bonds. The molecular weight excluding hydrogens is 314 g/mol. The highest BCUT2D eigenvalue weighted by molar-refractivity contribution is 7.02. The van der Waals surface area contributed by atoms with Crippen LogP contribution in [0.3, 0.4) is 0 Å². The molecule has 5 nitrogen and oxygen atoms in total. The predicted octanol–water partition coefficient (Wildman–Crippen LogP) is 3.60. The molecule has 0 bridgehead atoms. The Balaban J connectivity index is 1.63. The average molecular weight is 333 g/mol. The van der Waals surface area contributed by atoms with Crippen molar-refractivity contribution in [3.63, 3.8) is 0 Å². The van der Waals surface area contributed by atoms with E-state index in [4.69, 9.17) is 9.15 Å². The van der Waals surface area contributed by atoms with Gasteiger partial charge in [0.15, 0.2) is 0 Å². The fraction of sp³-hybridized carbons (Fsp3) is 0.471. The quantitative estimate of drug-likeness (QED) is 0.800. The van der Waals surface area contributed by atoms with Crippen LogP contribution in [0.25, 0.3) is 11.5 Å². The van der Waals surface area contributed by atoms with Gasteiger partial charge in [0.2, 0.25) is 5.89 Å². The summed E-state index contributed by atoms with van der Waals surface area (Å²) in [4.78, 5) is 22.5. The van der Waals surface area contributed by atoms with Gasteiger partial charge in [-0.15, -0.1) is 4.37 Å². The fourth-order valence-corrected chi connectivity index (χ4v) is 3.54. The lowest BCUT2D eigenvalue weighted by molar-refractivity contribution is -0.149. The van der Waals surface area contributed by atoms with Gasteiger partial charge < -0.3 is 9.15 Å². The summed E-state index contributed by atoms with van der Waals surface area (Å²) in [6, 6.07) is 7.99. The molecule has 0 aliphatic heterocycles. The highest BCUT2D eigenvalue weighted by atomic mass is 32.1. The minimum atomic E-state index is -0.388. The van der Waals surface area contributed by atoms with Crippen LogP contribution in [0.4, 0.5) is 0 Å². The molecule has 0 atom stereocenters. The molecule has 0 N–H and O–H groups in total. The van der Waals surface area contributed by atoms with Crippen LogP contribution in [0.15, 0.2) is 33.5 Å². The molecule has 23 heavy (non-hydrogen) atoms. The molecule has 3 rings (SSSR count). The standard InChI is InChI=1S/C17H19NO4S/c1-2-21-16(19)14-9-5-12(6-10-14)11-3-7-13(8-4-11)15-18-23-17(20)22-15/h3-4,7-8,12,14H,2,5-6,9-10H2,1H3. The number of rotatable bonds is 4. The molecule has 6 heteroatoms. The summed E-state index contributed by atoms with van der Waals surface area (Å²) < 4.78 is 14.1.